The maximum absolute atomic E-state index is 11.9. The van der Waals surface area contributed by atoms with Crippen molar-refractivity contribution in [2.75, 3.05) is 6.54 Å². The van der Waals surface area contributed by atoms with Gasteiger partial charge in [0.05, 0.1) is 6.61 Å². The second kappa shape index (κ2) is 5.64. The third-order valence-electron chi connectivity index (χ3n) is 3.00. The summed E-state index contributed by atoms with van der Waals surface area (Å²) in [5.74, 6) is -0.117. The van der Waals surface area contributed by atoms with Crippen LogP contribution in [0.15, 0.2) is 24.3 Å². The average Bonchev–Trinajstić information content (AvgIpc) is 2.41. The van der Waals surface area contributed by atoms with Gasteiger partial charge in [-0.25, -0.2) is 0 Å². The fourth-order valence-corrected chi connectivity index (χ4v) is 1.89. The Hall–Kier alpha value is -1.88. The van der Waals surface area contributed by atoms with E-state index >= 15 is 0 Å². The lowest BCUT2D eigenvalue weighted by molar-refractivity contribution is -0.122. The molecule has 1 saturated heterocycles. The molecule has 1 aliphatic rings. The summed E-state index contributed by atoms with van der Waals surface area (Å²) in [4.78, 5) is 22.9. The Kier molecular flexibility index (Phi) is 3.94. The lowest BCUT2D eigenvalue weighted by Crippen LogP contribution is -2.47. The van der Waals surface area contributed by atoms with Crippen molar-refractivity contribution in [1.29, 1.82) is 0 Å². The third kappa shape index (κ3) is 3.07. The lowest BCUT2D eigenvalue weighted by atomic mass is 10.1. The molecule has 3 N–H and O–H groups in total. The van der Waals surface area contributed by atoms with E-state index in [9.17, 15) is 9.59 Å². The molecule has 0 bridgehead atoms. The summed E-state index contributed by atoms with van der Waals surface area (Å²) < 4.78 is 0. The predicted octanol–water partition coefficient (Wildman–Crippen LogP) is 0.187. The van der Waals surface area contributed by atoms with Crippen LogP contribution in [0.2, 0.25) is 0 Å². The molecule has 0 aromatic heterocycles. The summed E-state index contributed by atoms with van der Waals surface area (Å²) in [6, 6.07) is 6.80. The maximum Gasteiger partial charge on any atom is 0.251 e. The van der Waals surface area contributed by atoms with Gasteiger partial charge in [-0.1, -0.05) is 12.1 Å². The quantitative estimate of drug-likeness (QED) is 0.714. The topological polar surface area (TPSA) is 78.4 Å². The van der Waals surface area contributed by atoms with E-state index in [-0.39, 0.29) is 24.5 Å². The summed E-state index contributed by atoms with van der Waals surface area (Å²) in [5.41, 5.74) is 1.33. The maximum atomic E-state index is 11.9. The molecule has 0 saturated carbocycles. The van der Waals surface area contributed by atoms with Crippen molar-refractivity contribution >= 4 is 11.8 Å². The van der Waals surface area contributed by atoms with Crippen LogP contribution in [0.5, 0.6) is 0 Å². The number of carbonyl (C=O) groups is 2. The van der Waals surface area contributed by atoms with Gasteiger partial charge in [-0.3, -0.25) is 9.59 Å². The molecule has 1 atom stereocenters. The van der Waals surface area contributed by atoms with Crippen LogP contribution in [0, 0.1) is 0 Å². The van der Waals surface area contributed by atoms with Gasteiger partial charge in [0.2, 0.25) is 5.91 Å². The number of hydrogen-bond acceptors (Lipinski definition) is 3. The minimum Gasteiger partial charge on any atom is -0.392 e. The van der Waals surface area contributed by atoms with E-state index in [0.29, 0.717) is 24.9 Å². The number of benzene rings is 1. The highest BCUT2D eigenvalue weighted by Gasteiger charge is 2.19. The smallest absolute Gasteiger partial charge is 0.251 e. The standard InChI is InChI=1S/C13H16N2O3/c16-8-9-1-3-10(4-2-9)13(18)15-11-5-6-12(17)14-7-11/h1-4,11,16H,5-8H2,(H,14,17)(H,15,18). The normalized spacial score (nSPS) is 19.2. The monoisotopic (exact) mass is 248 g/mol. The Labute approximate surface area is 105 Å². The van der Waals surface area contributed by atoms with Crippen LogP contribution < -0.4 is 10.6 Å². The van der Waals surface area contributed by atoms with Gasteiger partial charge in [-0.05, 0) is 24.1 Å². The van der Waals surface area contributed by atoms with Crippen molar-refractivity contribution in [2.24, 2.45) is 0 Å². The first-order chi connectivity index (χ1) is 8.69. The Morgan fingerprint density at radius 2 is 2.11 bits per heavy atom. The molecule has 1 fully saturated rings. The van der Waals surface area contributed by atoms with Crippen molar-refractivity contribution in [3.8, 4) is 0 Å². The van der Waals surface area contributed by atoms with Crippen molar-refractivity contribution in [3.63, 3.8) is 0 Å². The molecule has 1 unspecified atom stereocenters. The van der Waals surface area contributed by atoms with Crippen molar-refractivity contribution < 1.29 is 14.7 Å². The van der Waals surface area contributed by atoms with Crippen LogP contribution in [0.1, 0.15) is 28.8 Å². The molecule has 96 valence electrons. The molecule has 1 aromatic carbocycles. The summed E-state index contributed by atoms with van der Waals surface area (Å²) in [6.07, 6.45) is 1.13. The summed E-state index contributed by atoms with van der Waals surface area (Å²) in [5, 5.41) is 14.5. The van der Waals surface area contributed by atoms with E-state index in [1.807, 2.05) is 0 Å². The molecule has 1 aromatic rings. The number of aliphatic hydroxyl groups excluding tert-OH is 1. The van der Waals surface area contributed by atoms with Crippen molar-refractivity contribution in [1.82, 2.24) is 10.6 Å². The number of rotatable bonds is 3. The van der Waals surface area contributed by atoms with Gasteiger partial charge in [0.15, 0.2) is 0 Å². The summed E-state index contributed by atoms with van der Waals surface area (Å²) in [6.45, 7) is 0.454. The largest absolute Gasteiger partial charge is 0.392 e. The van der Waals surface area contributed by atoms with Gasteiger partial charge >= 0.3 is 0 Å². The zero-order valence-corrected chi connectivity index (χ0v) is 9.98. The molecule has 0 radical (unpaired) electrons. The van der Waals surface area contributed by atoms with E-state index in [4.69, 9.17) is 5.11 Å². The molecule has 1 heterocycles. The number of aliphatic hydroxyl groups is 1. The molecule has 1 aliphatic heterocycles. The van der Waals surface area contributed by atoms with Crippen LogP contribution in [-0.4, -0.2) is 29.5 Å². The van der Waals surface area contributed by atoms with Gasteiger partial charge in [0.1, 0.15) is 0 Å². The molecule has 2 rings (SSSR count). The zero-order chi connectivity index (χ0) is 13.0. The SMILES string of the molecule is O=C1CCC(NC(=O)c2ccc(CO)cc2)CN1. The summed E-state index contributed by atoms with van der Waals surface area (Å²) in [7, 11) is 0. The molecular weight excluding hydrogens is 232 g/mol. The van der Waals surface area contributed by atoms with Crippen LogP contribution >= 0.6 is 0 Å². The number of carbonyl (C=O) groups excluding carboxylic acids is 2. The van der Waals surface area contributed by atoms with E-state index in [0.717, 1.165) is 5.56 Å². The van der Waals surface area contributed by atoms with Crippen LogP contribution in [0.3, 0.4) is 0 Å². The first-order valence-corrected chi connectivity index (χ1v) is 5.96. The zero-order valence-electron chi connectivity index (χ0n) is 9.98. The lowest BCUT2D eigenvalue weighted by Gasteiger charge is -2.23. The highest BCUT2D eigenvalue weighted by molar-refractivity contribution is 5.94. The molecule has 18 heavy (non-hydrogen) atoms. The molecule has 2 amide bonds. The molecular formula is C13H16N2O3. The van der Waals surface area contributed by atoms with Crippen LogP contribution in [0.4, 0.5) is 0 Å². The Morgan fingerprint density at radius 3 is 2.67 bits per heavy atom. The fraction of sp³-hybridized carbons (Fsp3) is 0.385. The van der Waals surface area contributed by atoms with Crippen molar-refractivity contribution in [2.45, 2.75) is 25.5 Å². The molecule has 0 spiro atoms. The van der Waals surface area contributed by atoms with Crippen molar-refractivity contribution in [3.05, 3.63) is 35.4 Å². The van der Waals surface area contributed by atoms with Gasteiger partial charge in [-0.15, -0.1) is 0 Å². The van der Waals surface area contributed by atoms with E-state index in [1.54, 1.807) is 24.3 Å². The van der Waals surface area contributed by atoms with E-state index in [2.05, 4.69) is 10.6 Å². The average molecular weight is 248 g/mol. The first-order valence-electron chi connectivity index (χ1n) is 5.96. The predicted molar refractivity (Wildman–Crippen MR) is 65.9 cm³/mol. The second-order valence-corrected chi connectivity index (χ2v) is 4.37. The Bertz CT molecular complexity index is 432. The van der Waals surface area contributed by atoms with Gasteiger partial charge in [0, 0.05) is 24.6 Å². The Morgan fingerprint density at radius 1 is 1.39 bits per heavy atom. The van der Waals surface area contributed by atoms with E-state index in [1.165, 1.54) is 0 Å². The van der Waals surface area contributed by atoms with Gasteiger partial charge in [-0.2, -0.15) is 0 Å². The Balaban J connectivity index is 1.92. The van der Waals surface area contributed by atoms with Crippen LogP contribution in [-0.2, 0) is 11.4 Å². The molecule has 5 nitrogen and oxygen atoms in total. The minimum absolute atomic E-state index is 0.00674. The number of amides is 2. The number of piperidine rings is 1. The van der Waals surface area contributed by atoms with Gasteiger partial charge in [0.25, 0.3) is 5.91 Å². The first kappa shape index (κ1) is 12.6. The minimum atomic E-state index is -0.152. The second-order valence-electron chi connectivity index (χ2n) is 4.37. The highest BCUT2D eigenvalue weighted by atomic mass is 16.3. The number of hydrogen-bond donors (Lipinski definition) is 3. The fourth-order valence-electron chi connectivity index (χ4n) is 1.89. The van der Waals surface area contributed by atoms with Gasteiger partial charge < -0.3 is 15.7 Å². The number of nitrogens with one attached hydrogen (secondary N) is 2. The third-order valence-corrected chi connectivity index (χ3v) is 3.00. The highest BCUT2D eigenvalue weighted by Crippen LogP contribution is 2.07. The van der Waals surface area contributed by atoms with Crippen LogP contribution in [0.25, 0.3) is 0 Å². The summed E-state index contributed by atoms with van der Waals surface area (Å²) >= 11 is 0. The molecule has 5 heteroatoms. The van der Waals surface area contributed by atoms with E-state index < -0.39 is 0 Å². The molecule has 0 aliphatic carbocycles.